The lowest BCUT2D eigenvalue weighted by atomic mass is 9.89. The molecule has 0 radical (unpaired) electrons. The highest BCUT2D eigenvalue weighted by atomic mass is 32.2. The fraction of sp³-hybridized carbons (Fsp3) is 0.304. The molecule has 0 spiro atoms. The number of aromatic amines is 1. The number of rotatable bonds is 5. The van der Waals surface area contributed by atoms with Crippen molar-refractivity contribution in [3.63, 3.8) is 0 Å². The molecule has 3 heterocycles. The molecule has 0 saturated heterocycles. The molecule has 1 aliphatic carbocycles. The van der Waals surface area contributed by atoms with Crippen molar-refractivity contribution in [3.05, 3.63) is 62.9 Å². The number of fused-ring (bicyclic) bond motifs is 3. The van der Waals surface area contributed by atoms with Crippen LogP contribution in [0.25, 0.3) is 15.9 Å². The zero-order chi connectivity index (χ0) is 22.2. The molecule has 0 saturated carbocycles. The van der Waals surface area contributed by atoms with E-state index < -0.39 is 0 Å². The summed E-state index contributed by atoms with van der Waals surface area (Å²) in [5, 5.41) is 8.59. The molecule has 0 aliphatic heterocycles. The largest absolute Gasteiger partial charge is 0.310 e. The summed E-state index contributed by atoms with van der Waals surface area (Å²) < 4.78 is 1.71. The van der Waals surface area contributed by atoms with Crippen molar-refractivity contribution in [2.45, 2.75) is 38.3 Å². The van der Waals surface area contributed by atoms with Gasteiger partial charge in [0.25, 0.3) is 5.56 Å². The van der Waals surface area contributed by atoms with Crippen LogP contribution in [0.3, 0.4) is 0 Å². The number of thioether (sulfide) groups is 1. The summed E-state index contributed by atoms with van der Waals surface area (Å²) in [7, 11) is 0. The van der Waals surface area contributed by atoms with Crippen LogP contribution in [-0.2, 0) is 17.6 Å². The molecule has 9 heteroatoms. The first-order valence-electron chi connectivity index (χ1n) is 10.6. The van der Waals surface area contributed by atoms with Crippen LogP contribution in [0.15, 0.2) is 46.3 Å². The fourth-order valence-corrected chi connectivity index (χ4v) is 6.17. The lowest BCUT2D eigenvalue weighted by molar-refractivity contribution is -0.113. The molecule has 7 nitrogen and oxygen atoms in total. The van der Waals surface area contributed by atoms with Crippen LogP contribution in [-0.4, -0.2) is 31.4 Å². The van der Waals surface area contributed by atoms with Gasteiger partial charge in [-0.25, -0.2) is 9.67 Å². The van der Waals surface area contributed by atoms with Gasteiger partial charge < -0.3 is 10.3 Å². The Kier molecular flexibility index (Phi) is 5.60. The first-order chi connectivity index (χ1) is 15.5. The van der Waals surface area contributed by atoms with Gasteiger partial charge in [-0.3, -0.25) is 9.59 Å². The molecule has 32 heavy (non-hydrogen) atoms. The summed E-state index contributed by atoms with van der Waals surface area (Å²) in [6.07, 6.45) is 3.05. The number of hydrogen-bond acceptors (Lipinski definition) is 6. The van der Waals surface area contributed by atoms with Crippen molar-refractivity contribution >= 4 is 45.0 Å². The van der Waals surface area contributed by atoms with Gasteiger partial charge in [-0.1, -0.05) is 36.9 Å². The summed E-state index contributed by atoms with van der Waals surface area (Å²) in [6.45, 7) is 4.13. The Morgan fingerprint density at radius 1 is 1.34 bits per heavy atom. The van der Waals surface area contributed by atoms with E-state index in [2.05, 4.69) is 27.3 Å². The van der Waals surface area contributed by atoms with E-state index in [9.17, 15) is 9.59 Å². The van der Waals surface area contributed by atoms with E-state index in [0.717, 1.165) is 46.4 Å². The summed E-state index contributed by atoms with van der Waals surface area (Å²) >= 11 is 2.84. The quantitative estimate of drug-likeness (QED) is 0.338. The third kappa shape index (κ3) is 4.10. The average molecular weight is 466 g/mol. The number of hydrogen-bond donors (Lipinski definition) is 2. The number of H-pyrrole nitrogens is 1. The molecule has 4 aromatic rings. The van der Waals surface area contributed by atoms with E-state index in [0.29, 0.717) is 16.9 Å². The Hall–Kier alpha value is -2.91. The van der Waals surface area contributed by atoms with Crippen LogP contribution in [0.1, 0.15) is 29.5 Å². The van der Waals surface area contributed by atoms with E-state index in [1.807, 2.05) is 43.3 Å². The number of aromatic nitrogens is 4. The van der Waals surface area contributed by atoms with Crippen LogP contribution >= 0.6 is 23.1 Å². The average Bonchev–Trinajstić information content (AvgIpc) is 3.32. The Bertz CT molecular complexity index is 1360. The van der Waals surface area contributed by atoms with Gasteiger partial charge in [0.2, 0.25) is 5.91 Å². The predicted octanol–water partition coefficient (Wildman–Crippen LogP) is 4.33. The van der Waals surface area contributed by atoms with E-state index in [1.54, 1.807) is 16.0 Å². The number of aryl methyl sites for hydroxylation is 2. The lowest BCUT2D eigenvalue weighted by Gasteiger charge is -2.17. The van der Waals surface area contributed by atoms with Gasteiger partial charge in [0.1, 0.15) is 10.6 Å². The van der Waals surface area contributed by atoms with Gasteiger partial charge in [-0.15, -0.1) is 11.3 Å². The maximum atomic E-state index is 12.7. The monoisotopic (exact) mass is 465 g/mol. The number of benzene rings is 1. The first-order valence-corrected chi connectivity index (χ1v) is 12.4. The highest BCUT2D eigenvalue weighted by Crippen LogP contribution is 2.36. The van der Waals surface area contributed by atoms with Gasteiger partial charge in [0.15, 0.2) is 5.16 Å². The van der Waals surface area contributed by atoms with Gasteiger partial charge in [0.05, 0.1) is 22.5 Å². The molecule has 0 unspecified atom stereocenters. The van der Waals surface area contributed by atoms with Crippen LogP contribution in [0.2, 0.25) is 0 Å². The van der Waals surface area contributed by atoms with Crippen molar-refractivity contribution in [1.82, 2.24) is 19.7 Å². The molecule has 2 N–H and O–H groups in total. The molecule has 1 amide bonds. The number of carbonyl (C=O) groups is 1. The minimum Gasteiger partial charge on any atom is -0.310 e. The maximum Gasteiger partial charge on any atom is 0.260 e. The zero-order valence-electron chi connectivity index (χ0n) is 17.8. The van der Waals surface area contributed by atoms with Gasteiger partial charge in [-0.05, 0) is 49.8 Å². The predicted molar refractivity (Wildman–Crippen MR) is 129 cm³/mol. The van der Waals surface area contributed by atoms with Crippen molar-refractivity contribution in [1.29, 1.82) is 0 Å². The number of nitrogens with zero attached hydrogens (tertiary/aromatic N) is 3. The summed E-state index contributed by atoms with van der Waals surface area (Å²) in [5.74, 6) is 1.20. The van der Waals surface area contributed by atoms with Crippen molar-refractivity contribution in [3.8, 4) is 5.69 Å². The number of nitrogens with one attached hydrogen (secondary N) is 2. The SMILES string of the molecule is Cc1cc(NC(=O)CSc2nc3sc4c(c3c(=O)[nH]2)CC[C@H](C)C4)n(-c2ccccc2)n1. The smallest absolute Gasteiger partial charge is 0.260 e. The topological polar surface area (TPSA) is 92.7 Å². The van der Waals surface area contributed by atoms with Crippen LogP contribution in [0.4, 0.5) is 5.82 Å². The minimum atomic E-state index is -0.186. The number of amides is 1. The van der Waals surface area contributed by atoms with Gasteiger partial charge in [-0.2, -0.15) is 5.10 Å². The van der Waals surface area contributed by atoms with Crippen LogP contribution in [0.5, 0.6) is 0 Å². The first kappa shape index (κ1) is 21.0. The van der Waals surface area contributed by atoms with E-state index in [1.165, 1.54) is 16.6 Å². The molecule has 5 rings (SSSR count). The van der Waals surface area contributed by atoms with E-state index >= 15 is 0 Å². The third-order valence-electron chi connectivity index (χ3n) is 5.58. The summed E-state index contributed by atoms with van der Waals surface area (Å²) in [6, 6.07) is 11.5. The maximum absolute atomic E-state index is 12.7. The molecule has 1 atom stereocenters. The molecule has 164 valence electrons. The molecular weight excluding hydrogens is 442 g/mol. The second-order valence-corrected chi connectivity index (χ2v) is 10.2. The number of para-hydroxylation sites is 1. The molecule has 0 bridgehead atoms. The Labute approximate surface area is 193 Å². The van der Waals surface area contributed by atoms with Crippen molar-refractivity contribution in [2.24, 2.45) is 5.92 Å². The molecular formula is C23H23N5O2S2. The highest BCUT2D eigenvalue weighted by molar-refractivity contribution is 7.99. The normalized spacial score (nSPS) is 15.6. The highest BCUT2D eigenvalue weighted by Gasteiger charge is 2.23. The third-order valence-corrected chi connectivity index (χ3v) is 7.61. The van der Waals surface area contributed by atoms with Gasteiger partial charge in [0, 0.05) is 10.9 Å². The Morgan fingerprint density at radius 3 is 2.97 bits per heavy atom. The number of thiophene rings is 1. The zero-order valence-corrected chi connectivity index (χ0v) is 19.5. The van der Waals surface area contributed by atoms with Crippen molar-refractivity contribution in [2.75, 3.05) is 11.1 Å². The molecule has 0 fully saturated rings. The molecule has 1 aromatic carbocycles. The van der Waals surface area contributed by atoms with Crippen LogP contribution in [0, 0.1) is 12.8 Å². The van der Waals surface area contributed by atoms with E-state index in [4.69, 9.17) is 0 Å². The van der Waals surface area contributed by atoms with E-state index in [-0.39, 0.29) is 17.2 Å². The van der Waals surface area contributed by atoms with Gasteiger partial charge >= 0.3 is 0 Å². The second-order valence-electron chi connectivity index (χ2n) is 8.16. The Morgan fingerprint density at radius 2 is 2.16 bits per heavy atom. The minimum absolute atomic E-state index is 0.109. The summed E-state index contributed by atoms with van der Waals surface area (Å²) in [5.41, 5.74) is 2.73. The van der Waals surface area contributed by atoms with Crippen LogP contribution < -0.4 is 10.9 Å². The fourth-order valence-electron chi connectivity index (χ4n) is 4.06. The Balaban J connectivity index is 1.31. The standard InChI is InChI=1S/C23H23N5O2S2/c1-13-8-9-16-17(10-13)32-22-20(16)21(30)25-23(26-22)31-12-19(29)24-18-11-14(2)27-28(18)15-6-4-3-5-7-15/h3-7,11,13H,8-10,12H2,1-2H3,(H,24,29)(H,25,26,30)/t13-/m0/s1. The number of carbonyl (C=O) groups excluding carboxylic acids is 1. The summed E-state index contributed by atoms with van der Waals surface area (Å²) in [4.78, 5) is 34.9. The molecule has 3 aromatic heterocycles. The number of anilines is 1. The second kappa shape index (κ2) is 8.55. The lowest BCUT2D eigenvalue weighted by Crippen LogP contribution is -2.18. The van der Waals surface area contributed by atoms with Crippen molar-refractivity contribution < 1.29 is 4.79 Å². The molecule has 1 aliphatic rings.